The number of rotatable bonds is 36. The van der Waals surface area contributed by atoms with Crippen molar-refractivity contribution in [1.29, 1.82) is 0 Å². The van der Waals surface area contributed by atoms with E-state index < -0.39 is 17.9 Å². The first-order valence-corrected chi connectivity index (χ1v) is 26.6. The molecule has 76 heavy (non-hydrogen) atoms. The third-order valence-electron chi connectivity index (χ3n) is 12.4. The standard InChI is InChI=1S/C62H72O14/c1-3-49(26-11-8-20-43-72-59(67)32-13-9-21-44-73-58(66)31-12-7-10-23-46-25-22-29-55(64)60(46)53-27-15-14-24-48(53)45-63)74-56-30-17-16-28-54(56)62(69)76-52-39-37-51(38-40-52)75-61(68)47-33-35-50(36-34-47)70-41-18-5-6-19-42-71-57(65)4-2/h4,14-17,22,24-25,27-30,33-40,45,49,64H,2-3,5-13,18-21,23,26,31-32,41-44H2,1H3. The van der Waals surface area contributed by atoms with Gasteiger partial charge in [-0.2, -0.15) is 0 Å². The average Bonchev–Trinajstić information content (AvgIpc) is 3.43. The van der Waals surface area contributed by atoms with E-state index in [1.165, 1.54) is 0 Å². The molecule has 0 saturated carbocycles. The lowest BCUT2D eigenvalue weighted by atomic mass is 9.92. The number of ether oxygens (including phenoxy) is 7. The predicted octanol–water partition coefficient (Wildman–Crippen LogP) is 13.1. The summed E-state index contributed by atoms with van der Waals surface area (Å²) in [5.41, 5.74) is 3.48. The molecule has 0 spiro atoms. The highest BCUT2D eigenvalue weighted by Crippen LogP contribution is 2.35. The molecule has 0 aliphatic rings. The van der Waals surface area contributed by atoms with E-state index in [9.17, 15) is 33.9 Å². The first kappa shape index (κ1) is 59.1. The number of hydrogen-bond acceptors (Lipinski definition) is 14. The van der Waals surface area contributed by atoms with Crippen molar-refractivity contribution in [2.24, 2.45) is 0 Å². The van der Waals surface area contributed by atoms with Crippen LogP contribution < -0.4 is 18.9 Å². The Bertz CT molecular complexity index is 2600. The number of aryl methyl sites for hydroxylation is 1. The number of aromatic hydroxyl groups is 1. The summed E-state index contributed by atoms with van der Waals surface area (Å²) < 4.78 is 39.1. The van der Waals surface area contributed by atoms with Crippen LogP contribution in [-0.4, -0.2) is 73.8 Å². The SMILES string of the molecule is C=CC(=O)OCCCCCCOc1ccc(C(=O)Oc2ccc(OC(=O)c3ccccc3OC(CC)CCCCCOC(=O)CCCCCOC(=O)CCCCCc3cccc(O)c3-c3ccccc3C=O)cc2)cc1. The fourth-order valence-electron chi connectivity index (χ4n) is 8.24. The summed E-state index contributed by atoms with van der Waals surface area (Å²) in [4.78, 5) is 73.5. The van der Waals surface area contributed by atoms with Gasteiger partial charge in [-0.25, -0.2) is 14.4 Å². The summed E-state index contributed by atoms with van der Waals surface area (Å²) >= 11 is 0. The Kier molecular flexibility index (Phi) is 26.4. The smallest absolute Gasteiger partial charge is 0.347 e. The van der Waals surface area contributed by atoms with Crippen molar-refractivity contribution in [3.05, 3.63) is 150 Å². The van der Waals surface area contributed by atoms with Crippen molar-refractivity contribution in [3.63, 3.8) is 0 Å². The van der Waals surface area contributed by atoms with Gasteiger partial charge in [-0.3, -0.25) is 14.4 Å². The van der Waals surface area contributed by atoms with Crippen LogP contribution >= 0.6 is 0 Å². The maximum absolute atomic E-state index is 13.3. The number of hydrogen-bond donors (Lipinski definition) is 1. The molecule has 5 aromatic carbocycles. The summed E-state index contributed by atoms with van der Waals surface area (Å²) in [5, 5.41) is 10.6. The van der Waals surface area contributed by atoms with E-state index in [2.05, 4.69) is 6.58 Å². The highest BCUT2D eigenvalue weighted by molar-refractivity contribution is 5.94. The molecule has 14 nitrogen and oxygen atoms in total. The van der Waals surface area contributed by atoms with E-state index in [4.69, 9.17) is 33.2 Å². The van der Waals surface area contributed by atoms with E-state index in [1.54, 1.807) is 97.1 Å². The number of para-hydroxylation sites is 1. The lowest BCUT2D eigenvalue weighted by Gasteiger charge is -2.19. The van der Waals surface area contributed by atoms with Gasteiger partial charge in [0.15, 0.2) is 6.29 Å². The number of phenolic OH excluding ortho intramolecular Hbond substituents is 1. The molecule has 1 N–H and O–H groups in total. The van der Waals surface area contributed by atoms with Crippen LogP contribution in [0.4, 0.5) is 0 Å². The Hall–Kier alpha value is -7.74. The van der Waals surface area contributed by atoms with Gasteiger partial charge in [0.05, 0.1) is 38.1 Å². The molecule has 0 fully saturated rings. The number of esters is 5. The predicted molar refractivity (Wildman–Crippen MR) is 289 cm³/mol. The monoisotopic (exact) mass is 1040 g/mol. The second-order valence-corrected chi connectivity index (χ2v) is 18.2. The third kappa shape index (κ3) is 21.2. The van der Waals surface area contributed by atoms with Gasteiger partial charge < -0.3 is 38.3 Å². The fourth-order valence-corrected chi connectivity index (χ4v) is 8.24. The van der Waals surface area contributed by atoms with Crippen LogP contribution in [0.5, 0.6) is 28.7 Å². The Balaban J connectivity index is 0.882. The Morgan fingerprint density at radius 1 is 0.566 bits per heavy atom. The molecule has 1 unspecified atom stereocenters. The summed E-state index contributed by atoms with van der Waals surface area (Å²) in [5.74, 6) is -0.304. The number of carbonyl (C=O) groups excluding carboxylic acids is 6. The van der Waals surface area contributed by atoms with Crippen molar-refractivity contribution < 1.29 is 67.0 Å². The van der Waals surface area contributed by atoms with Gasteiger partial charge >= 0.3 is 29.8 Å². The zero-order valence-corrected chi connectivity index (χ0v) is 43.7. The van der Waals surface area contributed by atoms with Gasteiger partial charge in [-0.15, -0.1) is 0 Å². The summed E-state index contributed by atoms with van der Waals surface area (Å²) in [6.45, 7) is 6.94. The number of unbranched alkanes of at least 4 members (excludes halogenated alkanes) is 9. The maximum atomic E-state index is 13.3. The zero-order valence-electron chi connectivity index (χ0n) is 43.7. The molecule has 0 heterocycles. The molecule has 0 aromatic heterocycles. The zero-order chi connectivity index (χ0) is 54.2. The maximum Gasteiger partial charge on any atom is 0.347 e. The van der Waals surface area contributed by atoms with Crippen LogP contribution in [0.25, 0.3) is 11.1 Å². The van der Waals surface area contributed by atoms with Crippen molar-refractivity contribution in [1.82, 2.24) is 0 Å². The van der Waals surface area contributed by atoms with Crippen LogP contribution in [0.2, 0.25) is 0 Å². The molecule has 5 aromatic rings. The van der Waals surface area contributed by atoms with Crippen molar-refractivity contribution in [2.45, 2.75) is 129 Å². The van der Waals surface area contributed by atoms with Crippen LogP contribution in [0.1, 0.15) is 153 Å². The summed E-state index contributed by atoms with van der Waals surface area (Å²) in [6, 6.07) is 32.4. The minimum Gasteiger partial charge on any atom is -0.507 e. The van der Waals surface area contributed by atoms with E-state index in [1.807, 2.05) is 25.1 Å². The quantitative estimate of drug-likeness (QED) is 0.00996. The van der Waals surface area contributed by atoms with Crippen molar-refractivity contribution in [3.8, 4) is 39.9 Å². The third-order valence-corrected chi connectivity index (χ3v) is 12.4. The lowest BCUT2D eigenvalue weighted by Crippen LogP contribution is -2.18. The first-order valence-electron chi connectivity index (χ1n) is 26.6. The summed E-state index contributed by atoms with van der Waals surface area (Å²) in [7, 11) is 0. The highest BCUT2D eigenvalue weighted by Gasteiger charge is 2.19. The average molecular weight is 1040 g/mol. The van der Waals surface area contributed by atoms with E-state index in [-0.39, 0.29) is 40.9 Å². The lowest BCUT2D eigenvalue weighted by molar-refractivity contribution is -0.145. The molecule has 404 valence electrons. The Labute approximate surface area is 446 Å². The van der Waals surface area contributed by atoms with E-state index in [0.717, 1.165) is 95.0 Å². The van der Waals surface area contributed by atoms with Gasteiger partial charge in [0.25, 0.3) is 0 Å². The fraction of sp³-hybridized carbons (Fsp3) is 0.387. The van der Waals surface area contributed by atoms with Gasteiger partial charge in [0.1, 0.15) is 34.3 Å². The molecule has 0 radical (unpaired) electrons. The molecule has 0 aliphatic carbocycles. The van der Waals surface area contributed by atoms with Gasteiger partial charge in [0, 0.05) is 30.0 Å². The number of aldehydes is 1. The number of phenols is 1. The molecule has 5 rings (SSSR count). The Morgan fingerprint density at radius 3 is 1.79 bits per heavy atom. The van der Waals surface area contributed by atoms with Gasteiger partial charge in [-0.1, -0.05) is 68.5 Å². The Morgan fingerprint density at radius 2 is 1.13 bits per heavy atom. The van der Waals surface area contributed by atoms with E-state index >= 15 is 0 Å². The number of carbonyl (C=O) groups is 6. The largest absolute Gasteiger partial charge is 0.507 e. The van der Waals surface area contributed by atoms with Crippen LogP contribution in [0.15, 0.2) is 128 Å². The molecule has 0 saturated heterocycles. The highest BCUT2D eigenvalue weighted by atomic mass is 16.6. The second kappa shape index (κ2) is 34.0. The van der Waals surface area contributed by atoms with E-state index in [0.29, 0.717) is 98.7 Å². The molecule has 1 atom stereocenters. The topological polar surface area (TPSA) is 187 Å². The molecular formula is C62H72O14. The van der Waals surface area contributed by atoms with Gasteiger partial charge in [0.2, 0.25) is 0 Å². The second-order valence-electron chi connectivity index (χ2n) is 18.2. The van der Waals surface area contributed by atoms with Crippen LogP contribution in [-0.2, 0) is 35.0 Å². The van der Waals surface area contributed by atoms with Crippen LogP contribution in [0, 0.1) is 0 Å². The normalized spacial score (nSPS) is 11.2. The van der Waals surface area contributed by atoms with Crippen LogP contribution in [0.3, 0.4) is 0 Å². The molecule has 0 amide bonds. The van der Waals surface area contributed by atoms with Crippen molar-refractivity contribution in [2.75, 3.05) is 26.4 Å². The summed E-state index contributed by atoms with van der Waals surface area (Å²) in [6.07, 6.45) is 14.9. The molecular weight excluding hydrogens is 969 g/mol. The number of benzene rings is 5. The minimum absolute atomic E-state index is 0.136. The molecule has 0 aliphatic heterocycles. The first-order chi connectivity index (χ1) is 37.1. The molecule has 0 bridgehead atoms. The molecule has 14 heteroatoms. The van der Waals surface area contributed by atoms with Crippen molar-refractivity contribution >= 4 is 36.1 Å². The van der Waals surface area contributed by atoms with Gasteiger partial charge in [-0.05, 0) is 174 Å². The minimum atomic E-state index is -0.591.